The summed E-state index contributed by atoms with van der Waals surface area (Å²) >= 11 is 0. The van der Waals surface area contributed by atoms with Gasteiger partial charge < -0.3 is 10.4 Å². The van der Waals surface area contributed by atoms with Crippen LogP contribution in [0, 0.1) is 24.7 Å². The maximum atomic E-state index is 11.9. The van der Waals surface area contributed by atoms with E-state index in [2.05, 4.69) is 17.2 Å². The van der Waals surface area contributed by atoms with Crippen molar-refractivity contribution in [3.8, 4) is 11.8 Å². The number of carbonyl (C=O) groups is 1. The molecule has 1 aliphatic rings. The van der Waals surface area contributed by atoms with Gasteiger partial charge in [0.1, 0.15) is 6.61 Å². The smallest absolute Gasteiger partial charge is 0.227 e. The number of aliphatic hydroxyl groups is 1. The third kappa shape index (κ3) is 2.91. The summed E-state index contributed by atoms with van der Waals surface area (Å²) in [5.41, 5.74) is 2.65. The van der Waals surface area contributed by atoms with E-state index in [1.807, 2.05) is 25.1 Å². The number of rotatable bonds is 2. The Balaban J connectivity index is 2.12. The van der Waals surface area contributed by atoms with Crippen LogP contribution in [-0.4, -0.2) is 17.6 Å². The number of hydrogen-bond acceptors (Lipinski definition) is 2. The quantitative estimate of drug-likeness (QED) is 0.781. The van der Waals surface area contributed by atoms with Crippen molar-refractivity contribution in [3.05, 3.63) is 29.3 Å². The Kier molecular flexibility index (Phi) is 4.01. The number of amides is 1. The first-order chi connectivity index (χ1) is 8.70. The fourth-order valence-electron chi connectivity index (χ4n) is 1.88. The molecule has 0 atom stereocenters. The molecule has 1 fully saturated rings. The first kappa shape index (κ1) is 12.7. The zero-order chi connectivity index (χ0) is 13.0. The summed E-state index contributed by atoms with van der Waals surface area (Å²) < 4.78 is 0. The van der Waals surface area contributed by atoms with Gasteiger partial charge in [-0.2, -0.15) is 0 Å². The highest BCUT2D eigenvalue weighted by molar-refractivity contribution is 5.93. The van der Waals surface area contributed by atoms with Crippen molar-refractivity contribution in [2.24, 2.45) is 5.92 Å². The van der Waals surface area contributed by atoms with E-state index in [9.17, 15) is 4.79 Å². The summed E-state index contributed by atoms with van der Waals surface area (Å²) in [6, 6.07) is 5.67. The standard InChI is InChI=1S/C15H17NO2/c1-11-7-8-12(4-3-9-17)10-14(11)16-15(18)13-5-2-6-13/h7-8,10,13,17H,2,5-6,9H2,1H3,(H,16,18). The van der Waals surface area contributed by atoms with E-state index >= 15 is 0 Å². The van der Waals surface area contributed by atoms with Crippen LogP contribution in [-0.2, 0) is 4.79 Å². The van der Waals surface area contributed by atoms with Crippen molar-refractivity contribution >= 4 is 11.6 Å². The van der Waals surface area contributed by atoms with Gasteiger partial charge in [-0.3, -0.25) is 4.79 Å². The van der Waals surface area contributed by atoms with Gasteiger partial charge in [0.05, 0.1) is 0 Å². The van der Waals surface area contributed by atoms with Crippen LogP contribution < -0.4 is 5.32 Å². The minimum Gasteiger partial charge on any atom is -0.384 e. The van der Waals surface area contributed by atoms with Gasteiger partial charge in [0.15, 0.2) is 0 Å². The molecule has 94 valence electrons. The molecule has 0 aromatic heterocycles. The molecule has 18 heavy (non-hydrogen) atoms. The molecule has 0 saturated heterocycles. The minimum atomic E-state index is -0.155. The summed E-state index contributed by atoms with van der Waals surface area (Å²) in [4.78, 5) is 11.9. The van der Waals surface area contributed by atoms with Crippen LogP contribution in [0.5, 0.6) is 0 Å². The molecule has 1 saturated carbocycles. The predicted molar refractivity (Wildman–Crippen MR) is 71.1 cm³/mol. The molecule has 0 spiro atoms. The maximum Gasteiger partial charge on any atom is 0.227 e. The lowest BCUT2D eigenvalue weighted by Crippen LogP contribution is -2.28. The summed E-state index contributed by atoms with van der Waals surface area (Å²) in [5.74, 6) is 5.73. The number of hydrogen-bond donors (Lipinski definition) is 2. The van der Waals surface area contributed by atoms with Crippen LogP contribution in [0.25, 0.3) is 0 Å². The molecule has 3 heteroatoms. The first-order valence-corrected chi connectivity index (χ1v) is 6.22. The normalized spacial score (nSPS) is 14.3. The lowest BCUT2D eigenvalue weighted by Gasteiger charge is -2.24. The lowest BCUT2D eigenvalue weighted by atomic mass is 9.85. The molecule has 2 rings (SSSR count). The van der Waals surface area contributed by atoms with E-state index in [-0.39, 0.29) is 18.4 Å². The molecule has 1 amide bonds. The summed E-state index contributed by atoms with van der Waals surface area (Å²) in [7, 11) is 0. The fraction of sp³-hybridized carbons (Fsp3) is 0.400. The van der Waals surface area contributed by atoms with Crippen LogP contribution in [0.2, 0.25) is 0 Å². The number of aryl methyl sites for hydroxylation is 1. The Hall–Kier alpha value is -1.79. The van der Waals surface area contributed by atoms with Crippen LogP contribution in [0.15, 0.2) is 18.2 Å². The molecule has 0 unspecified atom stereocenters. The van der Waals surface area contributed by atoms with E-state index in [0.29, 0.717) is 0 Å². The van der Waals surface area contributed by atoms with E-state index in [4.69, 9.17) is 5.11 Å². The molecule has 3 nitrogen and oxygen atoms in total. The SMILES string of the molecule is Cc1ccc(C#CCO)cc1NC(=O)C1CCC1. The molecule has 1 aromatic rings. The highest BCUT2D eigenvalue weighted by atomic mass is 16.2. The average molecular weight is 243 g/mol. The number of anilines is 1. The van der Waals surface area contributed by atoms with Gasteiger partial charge in [-0.1, -0.05) is 24.3 Å². The predicted octanol–water partition coefficient (Wildman–Crippen LogP) is 2.08. The zero-order valence-electron chi connectivity index (χ0n) is 10.5. The van der Waals surface area contributed by atoms with E-state index in [0.717, 1.165) is 36.1 Å². The van der Waals surface area contributed by atoms with Gasteiger partial charge in [-0.05, 0) is 37.5 Å². The van der Waals surface area contributed by atoms with E-state index in [1.54, 1.807) is 0 Å². The van der Waals surface area contributed by atoms with Crippen molar-refractivity contribution in [1.29, 1.82) is 0 Å². The van der Waals surface area contributed by atoms with Crippen LogP contribution in [0.4, 0.5) is 5.69 Å². The molecule has 1 aromatic carbocycles. The second-order valence-electron chi connectivity index (χ2n) is 4.61. The first-order valence-electron chi connectivity index (χ1n) is 6.22. The maximum absolute atomic E-state index is 11.9. The van der Waals surface area contributed by atoms with Gasteiger partial charge in [-0.25, -0.2) is 0 Å². The Morgan fingerprint density at radius 3 is 2.89 bits per heavy atom. The lowest BCUT2D eigenvalue weighted by molar-refractivity contribution is -0.122. The Morgan fingerprint density at radius 1 is 1.50 bits per heavy atom. The summed E-state index contributed by atoms with van der Waals surface area (Å²) in [6.07, 6.45) is 3.14. The topological polar surface area (TPSA) is 49.3 Å². The summed E-state index contributed by atoms with van der Waals surface area (Å²) in [5, 5.41) is 11.6. The monoisotopic (exact) mass is 243 g/mol. The van der Waals surface area contributed by atoms with E-state index in [1.165, 1.54) is 0 Å². The third-order valence-electron chi connectivity index (χ3n) is 3.28. The number of carbonyl (C=O) groups excluding carboxylic acids is 1. The van der Waals surface area contributed by atoms with Crippen molar-refractivity contribution in [2.45, 2.75) is 26.2 Å². The number of benzene rings is 1. The second kappa shape index (κ2) is 5.70. The van der Waals surface area contributed by atoms with E-state index < -0.39 is 0 Å². The largest absolute Gasteiger partial charge is 0.384 e. The molecule has 0 heterocycles. The molecule has 2 N–H and O–H groups in total. The Bertz CT molecular complexity index is 507. The Morgan fingerprint density at radius 2 is 2.28 bits per heavy atom. The highest BCUT2D eigenvalue weighted by Gasteiger charge is 2.25. The van der Waals surface area contributed by atoms with Gasteiger partial charge in [0, 0.05) is 17.2 Å². The molecular formula is C15H17NO2. The van der Waals surface area contributed by atoms with Gasteiger partial charge >= 0.3 is 0 Å². The molecule has 0 bridgehead atoms. The summed E-state index contributed by atoms with van der Waals surface area (Å²) in [6.45, 7) is 1.80. The van der Waals surface area contributed by atoms with Crippen LogP contribution in [0.1, 0.15) is 30.4 Å². The average Bonchev–Trinajstić information content (AvgIpc) is 2.28. The highest BCUT2D eigenvalue weighted by Crippen LogP contribution is 2.28. The van der Waals surface area contributed by atoms with Crippen LogP contribution in [0.3, 0.4) is 0 Å². The molecule has 1 aliphatic carbocycles. The van der Waals surface area contributed by atoms with Crippen LogP contribution >= 0.6 is 0 Å². The van der Waals surface area contributed by atoms with Crippen molar-refractivity contribution in [1.82, 2.24) is 0 Å². The zero-order valence-corrected chi connectivity index (χ0v) is 10.5. The molecule has 0 radical (unpaired) electrons. The van der Waals surface area contributed by atoms with Gasteiger partial charge in [0.25, 0.3) is 0 Å². The Labute approximate surface area is 107 Å². The third-order valence-corrected chi connectivity index (χ3v) is 3.28. The fourth-order valence-corrected chi connectivity index (χ4v) is 1.88. The molecule has 0 aliphatic heterocycles. The van der Waals surface area contributed by atoms with Crippen molar-refractivity contribution in [3.63, 3.8) is 0 Å². The second-order valence-corrected chi connectivity index (χ2v) is 4.61. The number of aliphatic hydroxyl groups excluding tert-OH is 1. The molecular weight excluding hydrogens is 226 g/mol. The van der Waals surface area contributed by atoms with Crippen molar-refractivity contribution in [2.75, 3.05) is 11.9 Å². The van der Waals surface area contributed by atoms with Crippen molar-refractivity contribution < 1.29 is 9.90 Å². The minimum absolute atomic E-state index is 0.108. The number of nitrogens with one attached hydrogen (secondary N) is 1. The van der Waals surface area contributed by atoms with Gasteiger partial charge in [0.2, 0.25) is 5.91 Å². The van der Waals surface area contributed by atoms with Gasteiger partial charge in [-0.15, -0.1) is 0 Å².